The molecule has 2 aromatic heterocycles. The van der Waals surface area contributed by atoms with Gasteiger partial charge < -0.3 is 5.32 Å². The van der Waals surface area contributed by atoms with Gasteiger partial charge >= 0.3 is 0 Å². The van der Waals surface area contributed by atoms with Gasteiger partial charge in [0.05, 0.1) is 27.7 Å². The van der Waals surface area contributed by atoms with Crippen LogP contribution in [0.25, 0.3) is 22.0 Å². The van der Waals surface area contributed by atoms with Crippen molar-refractivity contribution in [2.75, 3.05) is 15.8 Å². The SMILES string of the molecule is CCCS(=O)(=O)Nc1ccc(F)c(Nc2ncnc3ccc(-c4cccnc4F)cc23)c1Cl. The van der Waals surface area contributed by atoms with Gasteiger partial charge in [-0.15, -0.1) is 0 Å². The minimum Gasteiger partial charge on any atom is -0.336 e. The average Bonchev–Trinajstić information content (AvgIpc) is 2.78. The van der Waals surface area contributed by atoms with Gasteiger partial charge in [0, 0.05) is 17.1 Å². The molecule has 0 fully saturated rings. The van der Waals surface area contributed by atoms with Gasteiger partial charge in [-0.25, -0.2) is 27.8 Å². The van der Waals surface area contributed by atoms with Crippen LogP contribution >= 0.6 is 11.6 Å². The molecule has 0 saturated carbocycles. The van der Waals surface area contributed by atoms with Crippen molar-refractivity contribution in [1.82, 2.24) is 15.0 Å². The van der Waals surface area contributed by atoms with E-state index < -0.39 is 21.8 Å². The number of pyridine rings is 1. The molecule has 7 nitrogen and oxygen atoms in total. The van der Waals surface area contributed by atoms with Gasteiger partial charge in [0.2, 0.25) is 16.0 Å². The highest BCUT2D eigenvalue weighted by molar-refractivity contribution is 7.92. The standard InChI is InChI=1S/C22H18ClF2N5O2S/c1-2-10-33(31,32)30-18-8-6-16(24)20(19(18)23)29-22-15-11-13(5-7-17(15)27-12-28-22)14-4-3-9-26-21(14)25/h3-9,11-12,30H,2,10H2,1H3,(H,27,28,29). The number of hydrogen-bond acceptors (Lipinski definition) is 6. The molecule has 0 saturated heterocycles. The van der Waals surface area contributed by atoms with Gasteiger partial charge in [0.25, 0.3) is 0 Å². The molecule has 2 aromatic carbocycles. The van der Waals surface area contributed by atoms with Crippen LogP contribution in [0.1, 0.15) is 13.3 Å². The van der Waals surface area contributed by atoms with Crippen molar-refractivity contribution >= 4 is 49.7 Å². The molecular weight excluding hydrogens is 472 g/mol. The summed E-state index contributed by atoms with van der Waals surface area (Å²) in [5.41, 5.74) is 1.21. The second-order valence-corrected chi connectivity index (χ2v) is 9.35. The van der Waals surface area contributed by atoms with Crippen molar-refractivity contribution in [3.05, 3.63) is 71.8 Å². The van der Waals surface area contributed by atoms with E-state index in [1.165, 1.54) is 18.6 Å². The lowest BCUT2D eigenvalue weighted by Gasteiger charge is -2.15. The second kappa shape index (κ2) is 9.24. The monoisotopic (exact) mass is 489 g/mol. The van der Waals surface area contributed by atoms with E-state index >= 15 is 0 Å². The van der Waals surface area contributed by atoms with Crippen molar-refractivity contribution in [1.29, 1.82) is 0 Å². The first-order valence-corrected chi connectivity index (χ1v) is 11.9. The van der Waals surface area contributed by atoms with Crippen LogP contribution in [0.15, 0.2) is 55.0 Å². The predicted octanol–water partition coefficient (Wildman–Crippen LogP) is 5.52. The maximum absolute atomic E-state index is 14.7. The first kappa shape index (κ1) is 22.8. The van der Waals surface area contributed by atoms with Gasteiger partial charge in [-0.1, -0.05) is 24.6 Å². The number of nitrogens with one attached hydrogen (secondary N) is 2. The number of sulfonamides is 1. The molecule has 0 amide bonds. The molecule has 0 aliphatic carbocycles. The van der Waals surface area contributed by atoms with E-state index in [0.29, 0.717) is 22.9 Å². The van der Waals surface area contributed by atoms with Gasteiger partial charge in [-0.3, -0.25) is 4.72 Å². The molecule has 0 spiro atoms. The van der Waals surface area contributed by atoms with Crippen molar-refractivity contribution < 1.29 is 17.2 Å². The van der Waals surface area contributed by atoms with E-state index in [9.17, 15) is 17.2 Å². The summed E-state index contributed by atoms with van der Waals surface area (Å²) in [6.45, 7) is 1.73. The summed E-state index contributed by atoms with van der Waals surface area (Å²) in [7, 11) is -3.64. The van der Waals surface area contributed by atoms with Gasteiger partial charge in [0.1, 0.15) is 18.0 Å². The van der Waals surface area contributed by atoms with Gasteiger partial charge in [0.15, 0.2) is 0 Å². The Hall–Kier alpha value is -3.37. The molecule has 0 unspecified atom stereocenters. The highest BCUT2D eigenvalue weighted by atomic mass is 35.5. The summed E-state index contributed by atoms with van der Waals surface area (Å²) in [5, 5.41) is 3.15. The van der Waals surface area contributed by atoms with E-state index in [1.54, 1.807) is 37.3 Å². The summed E-state index contributed by atoms with van der Waals surface area (Å²) < 4.78 is 55.5. The Labute approximate surface area is 193 Å². The van der Waals surface area contributed by atoms with Gasteiger partial charge in [-0.2, -0.15) is 4.39 Å². The molecule has 4 aromatic rings. The number of benzene rings is 2. The Morgan fingerprint density at radius 3 is 2.64 bits per heavy atom. The largest absolute Gasteiger partial charge is 0.336 e. The molecule has 0 bridgehead atoms. The number of fused-ring (bicyclic) bond motifs is 1. The number of nitrogens with zero attached hydrogens (tertiary/aromatic N) is 3. The van der Waals surface area contributed by atoms with Crippen LogP contribution in [0.4, 0.5) is 26.0 Å². The second-order valence-electron chi connectivity index (χ2n) is 7.13. The van der Waals surface area contributed by atoms with Crippen LogP contribution in [0.2, 0.25) is 5.02 Å². The third-order valence-electron chi connectivity index (χ3n) is 4.78. The van der Waals surface area contributed by atoms with Crippen LogP contribution < -0.4 is 10.0 Å². The van der Waals surface area contributed by atoms with Crippen LogP contribution in [-0.2, 0) is 10.0 Å². The number of aromatic nitrogens is 3. The third kappa shape index (κ3) is 4.86. The zero-order valence-electron chi connectivity index (χ0n) is 17.3. The molecule has 33 heavy (non-hydrogen) atoms. The van der Waals surface area contributed by atoms with Crippen molar-refractivity contribution in [2.45, 2.75) is 13.3 Å². The molecule has 11 heteroatoms. The number of halogens is 3. The van der Waals surface area contributed by atoms with Crippen molar-refractivity contribution in [3.63, 3.8) is 0 Å². The summed E-state index contributed by atoms with van der Waals surface area (Å²) in [5.74, 6) is -1.24. The maximum atomic E-state index is 14.7. The maximum Gasteiger partial charge on any atom is 0.232 e. The molecule has 0 atom stereocenters. The fourth-order valence-electron chi connectivity index (χ4n) is 3.28. The molecule has 170 valence electrons. The van der Waals surface area contributed by atoms with E-state index in [-0.39, 0.29) is 33.5 Å². The molecule has 2 N–H and O–H groups in total. The predicted molar refractivity (Wildman–Crippen MR) is 125 cm³/mol. The highest BCUT2D eigenvalue weighted by Gasteiger charge is 2.18. The highest BCUT2D eigenvalue weighted by Crippen LogP contribution is 2.37. The van der Waals surface area contributed by atoms with Crippen LogP contribution in [0, 0.1) is 11.8 Å². The molecule has 0 aliphatic rings. The zero-order valence-corrected chi connectivity index (χ0v) is 18.9. The Morgan fingerprint density at radius 2 is 1.88 bits per heavy atom. The zero-order chi connectivity index (χ0) is 23.6. The fraction of sp³-hybridized carbons (Fsp3) is 0.136. The summed E-state index contributed by atoms with van der Waals surface area (Å²) in [4.78, 5) is 12.0. The lowest BCUT2D eigenvalue weighted by Crippen LogP contribution is -2.16. The summed E-state index contributed by atoms with van der Waals surface area (Å²) >= 11 is 6.34. The normalized spacial score (nSPS) is 11.5. The topological polar surface area (TPSA) is 96.9 Å². The number of anilines is 3. The van der Waals surface area contributed by atoms with Crippen LogP contribution in [-0.4, -0.2) is 29.1 Å². The Bertz CT molecular complexity index is 1450. The number of rotatable bonds is 7. The Balaban J connectivity index is 1.77. The minimum atomic E-state index is -3.64. The third-order valence-corrected chi connectivity index (χ3v) is 6.65. The first-order valence-electron chi connectivity index (χ1n) is 9.90. The summed E-state index contributed by atoms with van der Waals surface area (Å²) in [6.07, 6.45) is 3.04. The Kier molecular flexibility index (Phi) is 6.39. The van der Waals surface area contributed by atoms with Crippen molar-refractivity contribution in [3.8, 4) is 11.1 Å². The summed E-state index contributed by atoms with van der Waals surface area (Å²) in [6, 6.07) is 10.6. The molecule has 4 rings (SSSR count). The average molecular weight is 490 g/mol. The quantitative estimate of drug-likeness (QED) is 0.332. The lowest BCUT2D eigenvalue weighted by atomic mass is 10.0. The van der Waals surface area contributed by atoms with E-state index in [4.69, 9.17) is 11.6 Å². The van der Waals surface area contributed by atoms with E-state index in [0.717, 1.165) is 6.07 Å². The Morgan fingerprint density at radius 1 is 1.06 bits per heavy atom. The first-order chi connectivity index (χ1) is 15.8. The van der Waals surface area contributed by atoms with E-state index in [1.807, 2.05) is 0 Å². The molecule has 0 aliphatic heterocycles. The molecular formula is C22H18ClF2N5O2S. The van der Waals surface area contributed by atoms with Gasteiger partial charge in [-0.05, 0) is 48.4 Å². The molecule has 2 heterocycles. The number of hydrogen-bond donors (Lipinski definition) is 2. The smallest absolute Gasteiger partial charge is 0.232 e. The minimum absolute atomic E-state index is 0.0329. The van der Waals surface area contributed by atoms with Crippen LogP contribution in [0.5, 0.6) is 0 Å². The van der Waals surface area contributed by atoms with E-state index in [2.05, 4.69) is 25.0 Å². The van der Waals surface area contributed by atoms with Crippen LogP contribution in [0.3, 0.4) is 0 Å². The fourth-order valence-corrected chi connectivity index (χ4v) is 4.73. The molecule has 0 radical (unpaired) electrons. The van der Waals surface area contributed by atoms with Crippen molar-refractivity contribution in [2.24, 2.45) is 0 Å². The lowest BCUT2D eigenvalue weighted by molar-refractivity contribution is 0.587.